The predicted molar refractivity (Wildman–Crippen MR) is 74.5 cm³/mol. The van der Waals surface area contributed by atoms with Crippen LogP contribution >= 0.6 is 0 Å². The van der Waals surface area contributed by atoms with Crippen LogP contribution < -0.4 is 10.6 Å². The van der Waals surface area contributed by atoms with Crippen LogP contribution in [0.1, 0.15) is 31.7 Å². The molecule has 17 heavy (non-hydrogen) atoms. The lowest BCUT2D eigenvalue weighted by atomic mass is 9.95. The minimum Gasteiger partial charge on any atom is -0.385 e. The number of anilines is 1. The summed E-state index contributed by atoms with van der Waals surface area (Å²) in [6.45, 7) is 5.71. The van der Waals surface area contributed by atoms with E-state index in [0.29, 0.717) is 0 Å². The highest BCUT2D eigenvalue weighted by atomic mass is 14.9. The molecule has 2 nitrogen and oxygen atoms in total. The summed E-state index contributed by atoms with van der Waals surface area (Å²) < 4.78 is 0. The van der Waals surface area contributed by atoms with Gasteiger partial charge in [0.2, 0.25) is 0 Å². The Labute approximate surface area is 105 Å². The van der Waals surface area contributed by atoms with Gasteiger partial charge in [0.1, 0.15) is 0 Å². The first kappa shape index (κ1) is 12.4. The van der Waals surface area contributed by atoms with Gasteiger partial charge in [-0.25, -0.2) is 0 Å². The molecular weight excluding hydrogens is 208 g/mol. The molecule has 0 aromatic heterocycles. The van der Waals surface area contributed by atoms with Crippen LogP contribution in [0.2, 0.25) is 0 Å². The summed E-state index contributed by atoms with van der Waals surface area (Å²) in [7, 11) is 0. The zero-order chi connectivity index (χ0) is 11.9. The van der Waals surface area contributed by atoms with Crippen molar-refractivity contribution in [2.75, 3.05) is 25.0 Å². The molecule has 0 radical (unpaired) electrons. The normalized spacial score (nSPS) is 17.0. The Morgan fingerprint density at radius 1 is 1.18 bits per heavy atom. The molecule has 94 valence electrons. The van der Waals surface area contributed by atoms with Crippen LogP contribution in [-0.4, -0.2) is 19.6 Å². The number of hydrogen-bond acceptors (Lipinski definition) is 2. The van der Waals surface area contributed by atoms with Crippen LogP contribution in [0.3, 0.4) is 0 Å². The molecule has 1 aliphatic rings. The highest BCUT2D eigenvalue weighted by Crippen LogP contribution is 2.16. The molecule has 1 aliphatic heterocycles. The second kappa shape index (κ2) is 6.65. The Balaban J connectivity index is 1.69. The fourth-order valence-corrected chi connectivity index (χ4v) is 2.45. The molecule has 1 aromatic rings. The minimum absolute atomic E-state index is 0.915. The van der Waals surface area contributed by atoms with Crippen molar-refractivity contribution in [3.63, 3.8) is 0 Å². The first-order valence-corrected chi connectivity index (χ1v) is 6.92. The molecule has 2 heteroatoms. The van der Waals surface area contributed by atoms with Gasteiger partial charge in [0.15, 0.2) is 0 Å². The van der Waals surface area contributed by atoms with Crippen LogP contribution in [0.5, 0.6) is 0 Å². The molecule has 0 amide bonds. The van der Waals surface area contributed by atoms with Gasteiger partial charge in [-0.05, 0) is 62.4 Å². The second-order valence-electron chi connectivity index (χ2n) is 4.96. The summed E-state index contributed by atoms with van der Waals surface area (Å²) in [5.74, 6) is 0.915. The van der Waals surface area contributed by atoms with Crippen molar-refractivity contribution in [2.24, 2.45) is 5.92 Å². The Kier molecular flexibility index (Phi) is 4.87. The summed E-state index contributed by atoms with van der Waals surface area (Å²) >= 11 is 0. The first-order chi connectivity index (χ1) is 8.38. The molecule has 2 N–H and O–H groups in total. The topological polar surface area (TPSA) is 24.1 Å². The lowest BCUT2D eigenvalue weighted by Crippen LogP contribution is -2.28. The first-order valence-electron chi connectivity index (χ1n) is 6.92. The van der Waals surface area contributed by atoms with Crippen LogP contribution in [0.25, 0.3) is 0 Å². The third-order valence-electron chi connectivity index (χ3n) is 3.70. The zero-order valence-corrected chi connectivity index (χ0v) is 10.8. The highest BCUT2D eigenvalue weighted by molar-refractivity contribution is 5.44. The van der Waals surface area contributed by atoms with Crippen LogP contribution in [0.4, 0.5) is 5.69 Å². The van der Waals surface area contributed by atoms with Gasteiger partial charge in [-0.2, -0.15) is 0 Å². The Morgan fingerprint density at radius 3 is 2.53 bits per heavy atom. The van der Waals surface area contributed by atoms with Crippen LogP contribution in [0.15, 0.2) is 24.3 Å². The van der Waals surface area contributed by atoms with E-state index in [-0.39, 0.29) is 0 Å². The van der Waals surface area contributed by atoms with Gasteiger partial charge < -0.3 is 10.6 Å². The third-order valence-corrected chi connectivity index (χ3v) is 3.70. The molecule has 1 saturated heterocycles. The molecule has 1 heterocycles. The Hall–Kier alpha value is -1.02. The lowest BCUT2D eigenvalue weighted by Gasteiger charge is -2.22. The summed E-state index contributed by atoms with van der Waals surface area (Å²) in [5, 5.41) is 6.94. The van der Waals surface area contributed by atoms with E-state index < -0.39 is 0 Å². The van der Waals surface area contributed by atoms with E-state index in [0.717, 1.165) is 18.9 Å². The van der Waals surface area contributed by atoms with E-state index in [1.807, 2.05) is 0 Å². The standard InChI is InChI=1S/C15H24N2/c1-2-13-3-5-15(6-4-13)17-12-9-14-7-10-16-11-8-14/h3-6,14,16-17H,2,7-12H2,1H3. The highest BCUT2D eigenvalue weighted by Gasteiger charge is 2.11. The molecule has 0 bridgehead atoms. The minimum atomic E-state index is 0.915. The largest absolute Gasteiger partial charge is 0.385 e. The molecule has 0 unspecified atom stereocenters. The molecule has 0 atom stereocenters. The molecule has 0 aliphatic carbocycles. The molecular formula is C15H24N2. The van der Waals surface area contributed by atoms with Crippen molar-refractivity contribution in [1.29, 1.82) is 0 Å². The smallest absolute Gasteiger partial charge is 0.0340 e. The third kappa shape index (κ3) is 4.04. The molecule has 2 rings (SSSR count). The number of nitrogens with one attached hydrogen (secondary N) is 2. The number of hydrogen-bond donors (Lipinski definition) is 2. The van der Waals surface area contributed by atoms with Crippen molar-refractivity contribution in [3.05, 3.63) is 29.8 Å². The molecule has 1 aromatic carbocycles. The summed E-state index contributed by atoms with van der Waals surface area (Å²) in [6.07, 6.45) is 5.11. The van der Waals surface area contributed by atoms with E-state index in [4.69, 9.17) is 0 Å². The number of rotatable bonds is 5. The van der Waals surface area contributed by atoms with E-state index in [1.165, 1.54) is 43.6 Å². The van der Waals surface area contributed by atoms with E-state index >= 15 is 0 Å². The number of benzene rings is 1. The van der Waals surface area contributed by atoms with Crippen molar-refractivity contribution < 1.29 is 0 Å². The van der Waals surface area contributed by atoms with Crippen LogP contribution in [-0.2, 0) is 6.42 Å². The van der Waals surface area contributed by atoms with E-state index in [2.05, 4.69) is 41.8 Å². The van der Waals surface area contributed by atoms with E-state index in [9.17, 15) is 0 Å². The maximum Gasteiger partial charge on any atom is 0.0340 e. The van der Waals surface area contributed by atoms with Gasteiger partial charge in [0, 0.05) is 12.2 Å². The second-order valence-corrected chi connectivity index (χ2v) is 4.96. The maximum absolute atomic E-state index is 3.52. The van der Waals surface area contributed by atoms with Gasteiger partial charge >= 0.3 is 0 Å². The molecule has 0 saturated carbocycles. The number of aryl methyl sites for hydroxylation is 1. The van der Waals surface area contributed by atoms with Gasteiger partial charge in [-0.15, -0.1) is 0 Å². The zero-order valence-electron chi connectivity index (χ0n) is 10.8. The summed E-state index contributed by atoms with van der Waals surface area (Å²) in [6, 6.07) is 8.82. The maximum atomic E-state index is 3.52. The summed E-state index contributed by atoms with van der Waals surface area (Å²) in [5.41, 5.74) is 2.67. The Bertz CT molecular complexity index is 312. The fourth-order valence-electron chi connectivity index (χ4n) is 2.45. The van der Waals surface area contributed by atoms with Gasteiger partial charge in [0.05, 0.1) is 0 Å². The lowest BCUT2D eigenvalue weighted by molar-refractivity contribution is 0.361. The molecule has 0 spiro atoms. The van der Waals surface area contributed by atoms with Gasteiger partial charge in [-0.1, -0.05) is 19.1 Å². The van der Waals surface area contributed by atoms with E-state index in [1.54, 1.807) is 0 Å². The van der Waals surface area contributed by atoms with Crippen molar-refractivity contribution in [3.8, 4) is 0 Å². The number of piperidine rings is 1. The van der Waals surface area contributed by atoms with Gasteiger partial charge in [0.25, 0.3) is 0 Å². The quantitative estimate of drug-likeness (QED) is 0.815. The van der Waals surface area contributed by atoms with Gasteiger partial charge in [-0.3, -0.25) is 0 Å². The average molecular weight is 232 g/mol. The van der Waals surface area contributed by atoms with Crippen LogP contribution in [0, 0.1) is 5.92 Å². The monoisotopic (exact) mass is 232 g/mol. The average Bonchev–Trinajstić information content (AvgIpc) is 2.41. The fraction of sp³-hybridized carbons (Fsp3) is 0.600. The Morgan fingerprint density at radius 2 is 1.88 bits per heavy atom. The van der Waals surface area contributed by atoms with Crippen molar-refractivity contribution in [1.82, 2.24) is 5.32 Å². The molecule has 1 fully saturated rings. The summed E-state index contributed by atoms with van der Waals surface area (Å²) in [4.78, 5) is 0. The van der Waals surface area contributed by atoms with Crippen molar-refractivity contribution in [2.45, 2.75) is 32.6 Å². The SMILES string of the molecule is CCc1ccc(NCCC2CCNCC2)cc1. The van der Waals surface area contributed by atoms with Crippen molar-refractivity contribution >= 4 is 5.69 Å². The predicted octanol–water partition coefficient (Wildman–Crippen LogP) is 3.05.